The number of aryl methyl sites for hydroxylation is 1. The average Bonchev–Trinajstić information content (AvgIpc) is 2.75. The van der Waals surface area contributed by atoms with Crippen molar-refractivity contribution >= 4 is 0 Å². The third-order valence-corrected chi connectivity index (χ3v) is 2.54. The minimum atomic E-state index is 0.963. The Balaban J connectivity index is 2.18. The Hall–Kier alpha value is -1.61. The molecule has 0 aliphatic carbocycles. The van der Waals surface area contributed by atoms with E-state index in [4.69, 9.17) is 0 Å². The first-order valence-corrected chi connectivity index (χ1v) is 5.56. The number of hydrogen-bond donors (Lipinski definition) is 1. The molecule has 0 spiro atoms. The average molecular weight is 215 g/mol. The van der Waals surface area contributed by atoms with Gasteiger partial charge in [0.2, 0.25) is 0 Å². The fourth-order valence-corrected chi connectivity index (χ4v) is 1.66. The lowest BCUT2D eigenvalue weighted by molar-refractivity contribution is 0.755. The molecule has 1 N–H and O–H groups in total. The quantitative estimate of drug-likeness (QED) is 0.844. The summed E-state index contributed by atoms with van der Waals surface area (Å²) < 4.78 is 1.93. The molecular formula is C13H17N3. The summed E-state index contributed by atoms with van der Waals surface area (Å²) in [6, 6.07) is 10.4. The summed E-state index contributed by atoms with van der Waals surface area (Å²) in [6.07, 6.45) is 2.98. The highest BCUT2D eigenvalue weighted by Gasteiger charge is 2.00. The zero-order valence-electron chi connectivity index (χ0n) is 9.77. The van der Waals surface area contributed by atoms with Gasteiger partial charge in [0.05, 0.1) is 11.4 Å². The number of rotatable bonds is 4. The van der Waals surface area contributed by atoms with Crippen molar-refractivity contribution in [1.82, 2.24) is 15.1 Å². The van der Waals surface area contributed by atoms with Crippen LogP contribution in [0.4, 0.5) is 0 Å². The van der Waals surface area contributed by atoms with Crippen molar-refractivity contribution in [3.63, 3.8) is 0 Å². The van der Waals surface area contributed by atoms with Gasteiger partial charge in [0.25, 0.3) is 0 Å². The zero-order chi connectivity index (χ0) is 11.4. The van der Waals surface area contributed by atoms with Gasteiger partial charge < -0.3 is 5.32 Å². The molecule has 0 unspecified atom stereocenters. The standard InChI is InChI=1S/C13H17N3/c1-11-4-3-5-13(10-11)16-9-7-12(15-16)6-8-14-2/h3-5,7,9-10,14H,6,8H2,1-2H3. The van der Waals surface area contributed by atoms with E-state index in [1.54, 1.807) is 0 Å². The maximum absolute atomic E-state index is 4.54. The predicted octanol–water partition coefficient (Wildman–Crippen LogP) is 1.94. The summed E-state index contributed by atoms with van der Waals surface area (Å²) in [5.74, 6) is 0. The van der Waals surface area contributed by atoms with Crippen LogP contribution in [-0.4, -0.2) is 23.4 Å². The van der Waals surface area contributed by atoms with Gasteiger partial charge in [0.1, 0.15) is 0 Å². The van der Waals surface area contributed by atoms with Gasteiger partial charge in [-0.15, -0.1) is 0 Å². The van der Waals surface area contributed by atoms with Crippen LogP contribution in [0, 0.1) is 6.92 Å². The second kappa shape index (κ2) is 4.94. The Kier molecular flexibility index (Phi) is 3.37. The van der Waals surface area contributed by atoms with E-state index < -0.39 is 0 Å². The molecule has 84 valence electrons. The first kappa shape index (κ1) is 10.9. The van der Waals surface area contributed by atoms with Crippen molar-refractivity contribution in [2.24, 2.45) is 0 Å². The van der Waals surface area contributed by atoms with Gasteiger partial charge in [-0.05, 0) is 37.7 Å². The Labute approximate surface area is 96.1 Å². The minimum Gasteiger partial charge on any atom is -0.319 e. The third-order valence-electron chi connectivity index (χ3n) is 2.54. The lowest BCUT2D eigenvalue weighted by Crippen LogP contribution is -2.10. The maximum atomic E-state index is 4.54. The van der Waals surface area contributed by atoms with Crippen LogP contribution >= 0.6 is 0 Å². The van der Waals surface area contributed by atoms with Gasteiger partial charge in [-0.25, -0.2) is 4.68 Å². The number of benzene rings is 1. The Morgan fingerprint density at radius 3 is 2.94 bits per heavy atom. The summed E-state index contributed by atoms with van der Waals surface area (Å²) in [5, 5.41) is 7.66. The molecule has 1 aromatic heterocycles. The molecule has 3 heteroatoms. The van der Waals surface area contributed by atoms with Crippen LogP contribution in [0.1, 0.15) is 11.3 Å². The van der Waals surface area contributed by atoms with Crippen molar-refractivity contribution in [2.45, 2.75) is 13.3 Å². The molecule has 1 heterocycles. The molecule has 2 aromatic rings. The molecule has 0 aliphatic heterocycles. The van der Waals surface area contributed by atoms with Crippen LogP contribution in [-0.2, 0) is 6.42 Å². The van der Waals surface area contributed by atoms with Crippen LogP contribution in [0.15, 0.2) is 36.5 Å². The van der Waals surface area contributed by atoms with E-state index in [2.05, 4.69) is 47.7 Å². The first-order chi connectivity index (χ1) is 7.79. The van der Waals surface area contributed by atoms with Crippen LogP contribution in [0.5, 0.6) is 0 Å². The Morgan fingerprint density at radius 1 is 1.31 bits per heavy atom. The fourth-order valence-electron chi connectivity index (χ4n) is 1.66. The zero-order valence-corrected chi connectivity index (χ0v) is 9.77. The molecule has 0 fully saturated rings. The van der Waals surface area contributed by atoms with E-state index in [1.165, 1.54) is 5.56 Å². The first-order valence-electron chi connectivity index (χ1n) is 5.56. The fraction of sp³-hybridized carbons (Fsp3) is 0.308. The second-order valence-corrected chi connectivity index (χ2v) is 3.94. The second-order valence-electron chi connectivity index (χ2n) is 3.94. The number of nitrogens with zero attached hydrogens (tertiary/aromatic N) is 2. The van der Waals surface area contributed by atoms with Gasteiger partial charge in [-0.1, -0.05) is 12.1 Å². The summed E-state index contributed by atoms with van der Waals surface area (Å²) in [5.41, 5.74) is 3.50. The summed E-state index contributed by atoms with van der Waals surface area (Å²) in [6.45, 7) is 3.06. The highest BCUT2D eigenvalue weighted by Crippen LogP contribution is 2.09. The number of aromatic nitrogens is 2. The molecule has 0 atom stereocenters. The smallest absolute Gasteiger partial charge is 0.0648 e. The van der Waals surface area contributed by atoms with E-state index in [0.29, 0.717) is 0 Å². The molecule has 0 amide bonds. The lowest BCUT2D eigenvalue weighted by Gasteiger charge is -2.02. The van der Waals surface area contributed by atoms with Crippen LogP contribution in [0.2, 0.25) is 0 Å². The SMILES string of the molecule is CNCCc1ccn(-c2cccc(C)c2)n1. The van der Waals surface area contributed by atoms with Crippen LogP contribution in [0.25, 0.3) is 5.69 Å². The summed E-state index contributed by atoms with van der Waals surface area (Å²) in [4.78, 5) is 0. The van der Waals surface area contributed by atoms with Crippen LogP contribution in [0.3, 0.4) is 0 Å². The minimum absolute atomic E-state index is 0.963. The lowest BCUT2D eigenvalue weighted by atomic mass is 10.2. The monoisotopic (exact) mass is 215 g/mol. The Morgan fingerprint density at radius 2 is 2.19 bits per heavy atom. The Bertz CT molecular complexity index is 460. The van der Waals surface area contributed by atoms with Crippen molar-refractivity contribution in [1.29, 1.82) is 0 Å². The molecule has 0 aliphatic rings. The van der Waals surface area contributed by atoms with E-state index in [9.17, 15) is 0 Å². The predicted molar refractivity (Wildman–Crippen MR) is 65.9 cm³/mol. The van der Waals surface area contributed by atoms with Crippen molar-refractivity contribution in [3.05, 3.63) is 47.8 Å². The van der Waals surface area contributed by atoms with Gasteiger partial charge in [0, 0.05) is 19.2 Å². The maximum Gasteiger partial charge on any atom is 0.0648 e. The van der Waals surface area contributed by atoms with E-state index in [1.807, 2.05) is 17.9 Å². The molecule has 1 aromatic carbocycles. The molecule has 0 saturated carbocycles. The molecule has 0 saturated heterocycles. The van der Waals surface area contributed by atoms with E-state index >= 15 is 0 Å². The third kappa shape index (κ3) is 2.49. The highest BCUT2D eigenvalue weighted by molar-refractivity contribution is 5.34. The van der Waals surface area contributed by atoms with Crippen LogP contribution < -0.4 is 5.32 Å². The number of hydrogen-bond acceptors (Lipinski definition) is 2. The molecule has 2 rings (SSSR count). The van der Waals surface area contributed by atoms with E-state index in [0.717, 1.165) is 24.3 Å². The van der Waals surface area contributed by atoms with Crippen molar-refractivity contribution in [3.8, 4) is 5.69 Å². The van der Waals surface area contributed by atoms with E-state index in [-0.39, 0.29) is 0 Å². The van der Waals surface area contributed by atoms with Crippen molar-refractivity contribution < 1.29 is 0 Å². The van der Waals surface area contributed by atoms with Gasteiger partial charge in [-0.2, -0.15) is 5.10 Å². The van der Waals surface area contributed by atoms with Crippen molar-refractivity contribution in [2.75, 3.05) is 13.6 Å². The summed E-state index contributed by atoms with van der Waals surface area (Å²) >= 11 is 0. The highest BCUT2D eigenvalue weighted by atomic mass is 15.3. The van der Waals surface area contributed by atoms with Gasteiger partial charge in [-0.3, -0.25) is 0 Å². The number of likely N-dealkylation sites (N-methyl/N-ethyl adjacent to an activating group) is 1. The van der Waals surface area contributed by atoms with Gasteiger partial charge >= 0.3 is 0 Å². The molecule has 16 heavy (non-hydrogen) atoms. The van der Waals surface area contributed by atoms with Gasteiger partial charge in [0.15, 0.2) is 0 Å². The molecular weight excluding hydrogens is 198 g/mol. The molecule has 3 nitrogen and oxygen atoms in total. The molecule has 0 radical (unpaired) electrons. The topological polar surface area (TPSA) is 29.9 Å². The largest absolute Gasteiger partial charge is 0.319 e. The number of nitrogens with one attached hydrogen (secondary N) is 1. The normalized spacial score (nSPS) is 10.6. The summed E-state index contributed by atoms with van der Waals surface area (Å²) in [7, 11) is 1.96. The molecule has 0 bridgehead atoms.